The molecule has 2 atom stereocenters. The minimum atomic E-state index is -2.77. The fourth-order valence-electron chi connectivity index (χ4n) is 5.52. The Hall–Kier alpha value is -3.47. The quantitative estimate of drug-likeness (QED) is 0.442. The first-order chi connectivity index (χ1) is 18.0. The second-order valence-corrected chi connectivity index (χ2v) is 16.2. The van der Waals surface area contributed by atoms with E-state index in [9.17, 15) is 10.1 Å². The predicted molar refractivity (Wildman–Crippen MR) is 152 cm³/mol. The number of fused-ring (bicyclic) bond motifs is 1. The van der Waals surface area contributed by atoms with Crippen molar-refractivity contribution in [3.63, 3.8) is 0 Å². The number of benzene rings is 2. The van der Waals surface area contributed by atoms with Gasteiger partial charge in [-0.05, 0) is 59.8 Å². The first kappa shape index (κ1) is 27.6. The molecule has 198 valence electrons. The molecule has 0 saturated heterocycles. The van der Waals surface area contributed by atoms with Gasteiger partial charge in [-0.15, -0.1) is 0 Å². The highest BCUT2D eigenvalue weighted by Crippen LogP contribution is 2.41. The molecule has 1 aliphatic carbocycles. The number of amides is 1. The Balaban J connectivity index is 1.74. The predicted octanol–water partition coefficient (Wildman–Crippen LogP) is 5.27. The van der Waals surface area contributed by atoms with Gasteiger partial charge in [-0.25, -0.2) is 9.78 Å². The number of carbonyl (C=O) groups is 1. The second kappa shape index (κ2) is 10.7. The average Bonchev–Trinajstić information content (AvgIpc) is 3.21. The molecule has 4 rings (SSSR count). The van der Waals surface area contributed by atoms with E-state index in [2.05, 4.69) is 85.7 Å². The van der Waals surface area contributed by atoms with Gasteiger partial charge in [0.05, 0.1) is 6.04 Å². The van der Waals surface area contributed by atoms with Crippen LogP contribution in [-0.2, 0) is 15.6 Å². The van der Waals surface area contributed by atoms with Crippen LogP contribution in [0.2, 0.25) is 5.04 Å². The van der Waals surface area contributed by atoms with E-state index in [1.54, 1.807) is 6.20 Å². The van der Waals surface area contributed by atoms with E-state index in [4.69, 9.17) is 9.16 Å². The molecule has 0 saturated carbocycles. The van der Waals surface area contributed by atoms with E-state index in [1.165, 1.54) is 10.4 Å². The van der Waals surface area contributed by atoms with Gasteiger partial charge in [-0.2, -0.15) is 5.26 Å². The maximum atomic E-state index is 12.9. The molecule has 2 aromatic carbocycles. The lowest BCUT2D eigenvalue weighted by Crippen LogP contribution is -2.67. The highest BCUT2D eigenvalue weighted by Gasteiger charge is 2.51. The summed E-state index contributed by atoms with van der Waals surface area (Å²) >= 11 is 0. The Morgan fingerprint density at radius 2 is 1.58 bits per heavy atom. The molecule has 0 fully saturated rings. The highest BCUT2D eigenvalue weighted by molar-refractivity contribution is 6.99. The minimum absolute atomic E-state index is 0.0875. The van der Waals surface area contributed by atoms with E-state index < -0.39 is 20.0 Å². The zero-order valence-corrected chi connectivity index (χ0v) is 24.1. The molecule has 1 heterocycles. The summed E-state index contributed by atoms with van der Waals surface area (Å²) in [4.78, 5) is 17.2. The molecule has 0 aliphatic heterocycles. The molecule has 0 radical (unpaired) electrons. The van der Waals surface area contributed by atoms with Crippen LogP contribution in [0.4, 0.5) is 4.79 Å². The van der Waals surface area contributed by atoms with Gasteiger partial charge < -0.3 is 14.5 Å². The third-order valence-corrected chi connectivity index (χ3v) is 12.1. The number of pyridine rings is 1. The molecule has 0 unspecified atom stereocenters. The third kappa shape index (κ3) is 5.52. The molecule has 1 N–H and O–H groups in total. The number of hydrogen-bond acceptors (Lipinski definition) is 5. The molecular formula is C31H37N3O3Si. The Morgan fingerprint density at radius 3 is 2.08 bits per heavy atom. The van der Waals surface area contributed by atoms with Crippen LogP contribution in [0, 0.1) is 17.2 Å². The number of nitrogens with one attached hydrogen (secondary N) is 1. The summed E-state index contributed by atoms with van der Waals surface area (Å²) in [6.45, 7) is 12.7. The first-order valence-electron chi connectivity index (χ1n) is 13.1. The minimum Gasteiger partial charge on any atom is -0.444 e. The van der Waals surface area contributed by atoms with Crippen LogP contribution in [0.25, 0.3) is 0 Å². The van der Waals surface area contributed by atoms with Crippen LogP contribution >= 0.6 is 0 Å². The SMILES string of the molecule is CC(C)(C)OC(=O)N[C@@H]1c2ccnc(C#N)c2C[C@H]1CO[Si](c1ccccc1)(c1ccccc1)C(C)(C)C. The van der Waals surface area contributed by atoms with Crippen LogP contribution in [0.3, 0.4) is 0 Å². The topological polar surface area (TPSA) is 84.2 Å². The Morgan fingerprint density at radius 1 is 1.00 bits per heavy atom. The average molecular weight is 528 g/mol. The van der Waals surface area contributed by atoms with Gasteiger partial charge in [-0.3, -0.25) is 0 Å². The zero-order valence-electron chi connectivity index (χ0n) is 23.1. The van der Waals surface area contributed by atoms with Crippen molar-refractivity contribution in [3.8, 4) is 6.07 Å². The lowest BCUT2D eigenvalue weighted by molar-refractivity contribution is 0.0478. The summed E-state index contributed by atoms with van der Waals surface area (Å²) < 4.78 is 12.8. The van der Waals surface area contributed by atoms with E-state index in [0.29, 0.717) is 18.7 Å². The van der Waals surface area contributed by atoms with Gasteiger partial charge >= 0.3 is 6.09 Å². The number of hydrogen-bond donors (Lipinski definition) is 1. The lowest BCUT2D eigenvalue weighted by Gasteiger charge is -2.44. The van der Waals surface area contributed by atoms with Gasteiger partial charge in [0.2, 0.25) is 0 Å². The fourth-order valence-corrected chi connectivity index (χ4v) is 10.1. The molecular weight excluding hydrogens is 490 g/mol. The van der Waals surface area contributed by atoms with Gasteiger partial charge in [0, 0.05) is 18.7 Å². The van der Waals surface area contributed by atoms with Gasteiger partial charge in [0.1, 0.15) is 17.4 Å². The van der Waals surface area contributed by atoms with Crippen molar-refractivity contribution >= 4 is 24.8 Å². The maximum absolute atomic E-state index is 12.9. The summed E-state index contributed by atoms with van der Waals surface area (Å²) in [5.41, 5.74) is 1.54. The molecule has 6 nitrogen and oxygen atoms in total. The zero-order chi connectivity index (χ0) is 27.6. The normalized spacial score (nSPS) is 17.4. The standard InChI is InChI=1S/C31H37N3O3Si/c1-30(2,3)37-29(35)34-28-22(19-26-25(28)17-18-33-27(26)20-32)21-36-38(31(4,5)6,23-13-9-7-10-14-23)24-15-11-8-12-16-24/h7-18,22,28H,19,21H2,1-6H3,(H,34,35)/t22-,28-/m0/s1. The number of rotatable bonds is 6. The van der Waals surface area contributed by atoms with Crippen molar-refractivity contribution < 1.29 is 14.0 Å². The van der Waals surface area contributed by atoms with Crippen LogP contribution in [0.1, 0.15) is 64.4 Å². The Kier molecular flexibility index (Phi) is 7.77. The van der Waals surface area contributed by atoms with Crippen molar-refractivity contribution in [2.45, 2.75) is 64.6 Å². The first-order valence-corrected chi connectivity index (χ1v) is 15.0. The number of carbonyl (C=O) groups excluding carboxylic acids is 1. The second-order valence-electron chi connectivity index (χ2n) is 11.9. The van der Waals surface area contributed by atoms with E-state index in [0.717, 1.165) is 11.1 Å². The van der Waals surface area contributed by atoms with Crippen molar-refractivity contribution in [1.82, 2.24) is 10.3 Å². The smallest absolute Gasteiger partial charge is 0.408 e. The van der Waals surface area contributed by atoms with Crippen molar-refractivity contribution in [2.75, 3.05) is 6.61 Å². The van der Waals surface area contributed by atoms with Gasteiger partial charge in [0.25, 0.3) is 8.32 Å². The maximum Gasteiger partial charge on any atom is 0.408 e. The molecule has 1 amide bonds. The summed E-state index contributed by atoms with van der Waals surface area (Å²) in [6, 6.07) is 24.8. The monoisotopic (exact) mass is 527 g/mol. The number of nitriles is 1. The molecule has 0 spiro atoms. The van der Waals surface area contributed by atoms with Crippen LogP contribution in [0.15, 0.2) is 72.9 Å². The Labute approximate surface area is 227 Å². The van der Waals surface area contributed by atoms with Gasteiger partial charge in [-0.1, -0.05) is 81.4 Å². The molecule has 1 aliphatic rings. The molecule has 3 aromatic rings. The summed E-state index contributed by atoms with van der Waals surface area (Å²) in [5.74, 6) is -0.0875. The highest BCUT2D eigenvalue weighted by atomic mass is 28.4. The summed E-state index contributed by atoms with van der Waals surface area (Å²) in [6.07, 6.45) is 1.73. The number of aromatic nitrogens is 1. The molecule has 7 heteroatoms. The van der Waals surface area contributed by atoms with Crippen LogP contribution in [-0.4, -0.2) is 31.6 Å². The summed E-state index contributed by atoms with van der Waals surface area (Å²) in [7, 11) is -2.77. The summed E-state index contributed by atoms with van der Waals surface area (Å²) in [5, 5.41) is 15.0. The molecule has 1 aromatic heterocycles. The van der Waals surface area contributed by atoms with E-state index >= 15 is 0 Å². The largest absolute Gasteiger partial charge is 0.444 e. The third-order valence-electron chi connectivity index (χ3n) is 7.07. The molecule has 38 heavy (non-hydrogen) atoms. The van der Waals surface area contributed by atoms with Crippen LogP contribution in [0.5, 0.6) is 0 Å². The number of alkyl carbamates (subject to hydrolysis) is 1. The Bertz CT molecular complexity index is 1270. The number of ether oxygens (including phenoxy) is 1. The van der Waals surface area contributed by atoms with E-state index in [-0.39, 0.29) is 17.0 Å². The lowest BCUT2D eigenvalue weighted by atomic mass is 10.0. The van der Waals surface area contributed by atoms with Crippen molar-refractivity contribution in [3.05, 3.63) is 89.7 Å². The fraction of sp³-hybridized carbons (Fsp3) is 0.387. The van der Waals surface area contributed by atoms with Crippen molar-refractivity contribution in [2.24, 2.45) is 5.92 Å². The van der Waals surface area contributed by atoms with Gasteiger partial charge in [0.15, 0.2) is 0 Å². The number of nitrogens with zero attached hydrogens (tertiary/aromatic N) is 2. The molecule has 0 bridgehead atoms. The van der Waals surface area contributed by atoms with Crippen molar-refractivity contribution in [1.29, 1.82) is 5.26 Å². The van der Waals surface area contributed by atoms with E-state index in [1.807, 2.05) is 39.0 Å². The van der Waals surface area contributed by atoms with Crippen LogP contribution < -0.4 is 15.7 Å².